The summed E-state index contributed by atoms with van der Waals surface area (Å²) in [7, 11) is 1.66. The first-order chi connectivity index (χ1) is 9.56. The SMILES string of the molecule is CC1CCC(C(=O)c2ccc3c(c2)oc(=O)n3C)CC1. The number of hydrogen-bond donors (Lipinski definition) is 0. The van der Waals surface area contributed by atoms with Gasteiger partial charge >= 0.3 is 5.76 Å². The fourth-order valence-electron chi connectivity index (χ4n) is 3.05. The number of nitrogens with zero attached hydrogens (tertiary/aromatic N) is 1. The molecule has 0 saturated heterocycles. The van der Waals surface area contributed by atoms with E-state index in [0.717, 1.165) is 37.1 Å². The van der Waals surface area contributed by atoms with E-state index in [-0.39, 0.29) is 11.7 Å². The molecule has 0 atom stereocenters. The van der Waals surface area contributed by atoms with Crippen LogP contribution in [-0.2, 0) is 7.05 Å². The molecule has 4 nitrogen and oxygen atoms in total. The number of rotatable bonds is 2. The van der Waals surface area contributed by atoms with Gasteiger partial charge in [0.25, 0.3) is 0 Å². The van der Waals surface area contributed by atoms with Crippen LogP contribution in [0.4, 0.5) is 0 Å². The zero-order valence-electron chi connectivity index (χ0n) is 11.9. The Morgan fingerprint density at radius 3 is 2.65 bits per heavy atom. The van der Waals surface area contributed by atoms with E-state index in [1.165, 1.54) is 4.57 Å². The van der Waals surface area contributed by atoms with E-state index in [4.69, 9.17) is 4.42 Å². The molecule has 0 spiro atoms. The second-order valence-electron chi connectivity index (χ2n) is 5.93. The number of carbonyl (C=O) groups excluding carboxylic acids is 1. The van der Waals surface area contributed by atoms with Crippen molar-refractivity contribution < 1.29 is 9.21 Å². The van der Waals surface area contributed by atoms with Crippen molar-refractivity contribution in [3.05, 3.63) is 34.3 Å². The van der Waals surface area contributed by atoms with Gasteiger partial charge in [-0.1, -0.05) is 19.8 Å². The smallest absolute Gasteiger partial charge is 0.408 e. The van der Waals surface area contributed by atoms with Gasteiger partial charge in [0.15, 0.2) is 11.4 Å². The topological polar surface area (TPSA) is 52.2 Å². The second-order valence-corrected chi connectivity index (χ2v) is 5.93. The summed E-state index contributed by atoms with van der Waals surface area (Å²) in [6.45, 7) is 2.24. The largest absolute Gasteiger partial charge is 0.419 e. The van der Waals surface area contributed by atoms with Gasteiger partial charge in [0.2, 0.25) is 0 Å². The molecular formula is C16H19NO3. The van der Waals surface area contributed by atoms with E-state index >= 15 is 0 Å². The minimum absolute atomic E-state index is 0.124. The Hall–Kier alpha value is -1.84. The van der Waals surface area contributed by atoms with Crippen LogP contribution in [0.5, 0.6) is 0 Å². The summed E-state index contributed by atoms with van der Waals surface area (Å²) >= 11 is 0. The third-order valence-corrected chi connectivity index (χ3v) is 4.46. The molecule has 1 aromatic heterocycles. The van der Waals surface area contributed by atoms with Crippen molar-refractivity contribution in [1.82, 2.24) is 4.57 Å². The summed E-state index contributed by atoms with van der Waals surface area (Å²) in [5.41, 5.74) is 1.88. The maximum atomic E-state index is 12.5. The van der Waals surface area contributed by atoms with Gasteiger partial charge in [-0.05, 0) is 37.0 Å². The van der Waals surface area contributed by atoms with E-state index in [1.807, 2.05) is 0 Å². The molecule has 106 valence electrons. The summed E-state index contributed by atoms with van der Waals surface area (Å²) in [4.78, 5) is 24.0. The summed E-state index contributed by atoms with van der Waals surface area (Å²) in [5.74, 6) is 0.647. The quantitative estimate of drug-likeness (QED) is 0.790. The van der Waals surface area contributed by atoms with E-state index < -0.39 is 5.76 Å². The Morgan fingerprint density at radius 2 is 1.95 bits per heavy atom. The van der Waals surface area contributed by atoms with Crippen molar-refractivity contribution in [3.8, 4) is 0 Å². The number of fused-ring (bicyclic) bond motifs is 1. The third-order valence-electron chi connectivity index (χ3n) is 4.46. The van der Waals surface area contributed by atoms with Gasteiger partial charge < -0.3 is 4.42 Å². The zero-order chi connectivity index (χ0) is 14.3. The highest BCUT2D eigenvalue weighted by atomic mass is 16.4. The first kappa shape index (κ1) is 13.2. The number of aryl methyl sites for hydroxylation is 1. The summed E-state index contributed by atoms with van der Waals surface area (Å²) < 4.78 is 6.60. The van der Waals surface area contributed by atoms with Crippen molar-refractivity contribution in [2.75, 3.05) is 0 Å². The van der Waals surface area contributed by atoms with Gasteiger partial charge in [0.05, 0.1) is 5.52 Å². The number of hydrogen-bond acceptors (Lipinski definition) is 3. The second kappa shape index (κ2) is 4.93. The van der Waals surface area contributed by atoms with E-state index in [9.17, 15) is 9.59 Å². The van der Waals surface area contributed by atoms with Crippen molar-refractivity contribution in [2.24, 2.45) is 18.9 Å². The zero-order valence-corrected chi connectivity index (χ0v) is 11.9. The molecule has 0 N–H and O–H groups in total. The molecule has 1 saturated carbocycles. The predicted octanol–water partition coefficient (Wildman–Crippen LogP) is 3.14. The molecule has 0 aliphatic heterocycles. The van der Waals surface area contributed by atoms with Gasteiger partial charge in [0, 0.05) is 18.5 Å². The maximum Gasteiger partial charge on any atom is 0.419 e. The van der Waals surface area contributed by atoms with Crippen LogP contribution >= 0.6 is 0 Å². The first-order valence-corrected chi connectivity index (χ1v) is 7.20. The molecule has 0 bridgehead atoms. The summed E-state index contributed by atoms with van der Waals surface area (Å²) in [6.07, 6.45) is 4.19. The lowest BCUT2D eigenvalue weighted by Crippen LogP contribution is -2.20. The average Bonchev–Trinajstić information content (AvgIpc) is 2.74. The molecule has 1 aliphatic carbocycles. The molecule has 4 heteroatoms. The monoisotopic (exact) mass is 273 g/mol. The lowest BCUT2D eigenvalue weighted by molar-refractivity contribution is 0.0875. The number of benzene rings is 1. The Kier molecular flexibility index (Phi) is 3.24. The molecule has 20 heavy (non-hydrogen) atoms. The molecule has 0 unspecified atom stereocenters. The standard InChI is InChI=1S/C16H19NO3/c1-10-3-5-11(6-4-10)15(18)12-7-8-13-14(9-12)20-16(19)17(13)2/h7-11H,3-6H2,1-2H3. The predicted molar refractivity (Wildman–Crippen MR) is 76.9 cm³/mol. The van der Waals surface area contributed by atoms with E-state index in [0.29, 0.717) is 11.1 Å². The van der Waals surface area contributed by atoms with Gasteiger partial charge in [0.1, 0.15) is 0 Å². The minimum atomic E-state index is -0.393. The number of carbonyl (C=O) groups is 1. The average molecular weight is 273 g/mol. The first-order valence-electron chi connectivity index (χ1n) is 7.20. The summed E-state index contributed by atoms with van der Waals surface area (Å²) in [6, 6.07) is 5.30. The number of Topliss-reactive ketones (excluding diaryl/α,β-unsaturated/α-hetero) is 1. The van der Waals surface area contributed by atoms with Crippen molar-refractivity contribution in [3.63, 3.8) is 0 Å². The van der Waals surface area contributed by atoms with E-state index in [2.05, 4.69) is 6.92 Å². The molecule has 3 rings (SSSR count). The van der Waals surface area contributed by atoms with Crippen molar-refractivity contribution in [1.29, 1.82) is 0 Å². The number of ketones is 1. The fraction of sp³-hybridized carbons (Fsp3) is 0.500. The van der Waals surface area contributed by atoms with Crippen LogP contribution in [0.2, 0.25) is 0 Å². The van der Waals surface area contributed by atoms with Crippen LogP contribution in [0.1, 0.15) is 43.0 Å². The number of aromatic nitrogens is 1. The molecule has 2 aromatic rings. The Labute approximate surface area is 117 Å². The van der Waals surface area contributed by atoms with Gasteiger partial charge in [-0.3, -0.25) is 9.36 Å². The normalized spacial score (nSPS) is 23.1. The van der Waals surface area contributed by atoms with Crippen LogP contribution in [-0.4, -0.2) is 10.4 Å². The molecule has 1 aromatic carbocycles. The molecule has 1 aliphatic rings. The summed E-state index contributed by atoms with van der Waals surface area (Å²) in [5, 5.41) is 0. The highest BCUT2D eigenvalue weighted by molar-refractivity contribution is 6.00. The Balaban J connectivity index is 1.90. The van der Waals surface area contributed by atoms with Crippen LogP contribution in [0.25, 0.3) is 11.1 Å². The van der Waals surface area contributed by atoms with Gasteiger partial charge in [-0.15, -0.1) is 0 Å². The van der Waals surface area contributed by atoms with Crippen LogP contribution in [0.3, 0.4) is 0 Å². The highest BCUT2D eigenvalue weighted by Gasteiger charge is 2.25. The molecule has 0 amide bonds. The van der Waals surface area contributed by atoms with Crippen LogP contribution in [0.15, 0.2) is 27.4 Å². The Bertz CT molecular complexity index is 702. The molecule has 1 fully saturated rings. The van der Waals surface area contributed by atoms with Crippen molar-refractivity contribution in [2.45, 2.75) is 32.6 Å². The van der Waals surface area contributed by atoms with Gasteiger partial charge in [-0.25, -0.2) is 4.79 Å². The van der Waals surface area contributed by atoms with Crippen LogP contribution in [0, 0.1) is 11.8 Å². The molecule has 0 radical (unpaired) electrons. The number of oxazole rings is 1. The highest BCUT2D eigenvalue weighted by Crippen LogP contribution is 2.31. The lowest BCUT2D eigenvalue weighted by atomic mass is 9.79. The third kappa shape index (κ3) is 2.19. The van der Waals surface area contributed by atoms with Crippen molar-refractivity contribution >= 4 is 16.9 Å². The minimum Gasteiger partial charge on any atom is -0.408 e. The van der Waals surface area contributed by atoms with Crippen LogP contribution < -0.4 is 5.76 Å². The van der Waals surface area contributed by atoms with E-state index in [1.54, 1.807) is 25.2 Å². The molecular weight excluding hydrogens is 254 g/mol. The fourth-order valence-corrected chi connectivity index (χ4v) is 3.05. The lowest BCUT2D eigenvalue weighted by Gasteiger charge is -2.25. The maximum absolute atomic E-state index is 12.5. The molecule has 1 heterocycles. The van der Waals surface area contributed by atoms with Gasteiger partial charge in [-0.2, -0.15) is 0 Å². The Morgan fingerprint density at radius 1 is 1.25 bits per heavy atom.